The van der Waals surface area contributed by atoms with Crippen molar-refractivity contribution in [3.63, 3.8) is 0 Å². The predicted molar refractivity (Wildman–Crippen MR) is 140 cm³/mol. The molecule has 1 atom stereocenters. The number of aryl methyl sites for hydroxylation is 1. The fourth-order valence-electron chi connectivity index (χ4n) is 4.30. The zero-order valence-corrected chi connectivity index (χ0v) is 20.7. The van der Waals surface area contributed by atoms with Crippen molar-refractivity contribution >= 4 is 29.1 Å². The molecule has 0 fully saturated rings. The molecule has 0 bridgehead atoms. The number of allylic oxidation sites excluding steroid dienone is 1. The van der Waals surface area contributed by atoms with E-state index in [1.807, 2.05) is 79.9 Å². The molecule has 6 nitrogen and oxygen atoms in total. The topological polar surface area (TPSA) is 71.3 Å². The summed E-state index contributed by atoms with van der Waals surface area (Å²) in [6.45, 7) is 4.05. The molecule has 0 saturated heterocycles. The first-order chi connectivity index (χ1) is 17.1. The first-order valence-corrected chi connectivity index (χ1v) is 12.7. The number of hydrogen-bond donors (Lipinski definition) is 1. The Labute approximate surface area is 209 Å². The highest BCUT2D eigenvalue weighted by molar-refractivity contribution is 7.98. The molecular weight excluding hydrogens is 456 g/mol. The lowest BCUT2D eigenvalue weighted by Crippen LogP contribution is -2.46. The maximum Gasteiger partial charge on any atom is 0.326 e. The van der Waals surface area contributed by atoms with Crippen molar-refractivity contribution < 1.29 is 9.32 Å². The van der Waals surface area contributed by atoms with Gasteiger partial charge < -0.3 is 9.84 Å². The van der Waals surface area contributed by atoms with Gasteiger partial charge in [-0.15, -0.1) is 11.8 Å². The quantitative estimate of drug-likeness (QED) is 0.309. The molecule has 1 unspecified atom stereocenters. The van der Waals surface area contributed by atoms with Crippen molar-refractivity contribution in [1.29, 1.82) is 0 Å². The Morgan fingerprint density at radius 1 is 1.00 bits per heavy atom. The fraction of sp³-hybridized carbons (Fsp3) is 0.179. The van der Waals surface area contributed by atoms with Gasteiger partial charge >= 0.3 is 6.03 Å². The molecule has 35 heavy (non-hydrogen) atoms. The first kappa shape index (κ1) is 22.9. The lowest BCUT2D eigenvalue weighted by atomic mass is 9.94. The van der Waals surface area contributed by atoms with Crippen LogP contribution in [-0.4, -0.2) is 22.4 Å². The molecule has 0 spiro atoms. The van der Waals surface area contributed by atoms with Gasteiger partial charge in [-0.25, -0.2) is 4.79 Å². The molecule has 5 rings (SSSR count). The van der Waals surface area contributed by atoms with Crippen LogP contribution in [0.5, 0.6) is 0 Å². The van der Waals surface area contributed by atoms with E-state index in [9.17, 15) is 4.79 Å². The summed E-state index contributed by atoms with van der Waals surface area (Å²) < 4.78 is 5.79. The third-order valence-electron chi connectivity index (χ3n) is 6.23. The Hall–Kier alpha value is -3.84. The Kier molecular flexibility index (Phi) is 6.42. The zero-order valence-electron chi connectivity index (χ0n) is 19.9. The summed E-state index contributed by atoms with van der Waals surface area (Å²) in [5.74, 6) is 0.902. The third kappa shape index (κ3) is 4.47. The highest BCUT2D eigenvalue weighted by atomic mass is 32.2. The number of anilines is 1. The molecule has 0 radical (unpaired) electrons. The van der Waals surface area contributed by atoms with Crippen LogP contribution in [0.1, 0.15) is 36.9 Å². The SMILES string of the molecule is CCc1ccc(-c2noc(C3=C(C)N(c4ccc(SC)cc4)C(=O)NC3c3ccccc3)n2)cc1. The number of nitrogens with zero attached hydrogens (tertiary/aromatic N) is 3. The van der Waals surface area contributed by atoms with E-state index in [0.717, 1.165) is 39.4 Å². The van der Waals surface area contributed by atoms with Crippen LogP contribution in [0.3, 0.4) is 0 Å². The molecule has 7 heteroatoms. The second kappa shape index (κ2) is 9.80. The number of rotatable bonds is 6. The van der Waals surface area contributed by atoms with E-state index in [1.54, 1.807) is 16.7 Å². The molecule has 0 aliphatic carbocycles. The van der Waals surface area contributed by atoms with E-state index in [2.05, 4.69) is 29.5 Å². The highest BCUT2D eigenvalue weighted by Gasteiger charge is 2.36. The van der Waals surface area contributed by atoms with Crippen molar-refractivity contribution in [2.75, 3.05) is 11.2 Å². The van der Waals surface area contributed by atoms with Crippen molar-refractivity contribution in [2.45, 2.75) is 31.2 Å². The fourth-order valence-corrected chi connectivity index (χ4v) is 4.71. The summed E-state index contributed by atoms with van der Waals surface area (Å²) in [4.78, 5) is 20.9. The minimum atomic E-state index is -0.416. The molecule has 1 aliphatic rings. The van der Waals surface area contributed by atoms with Crippen LogP contribution in [0.4, 0.5) is 10.5 Å². The normalized spacial score (nSPS) is 15.9. The van der Waals surface area contributed by atoms with Crippen LogP contribution >= 0.6 is 11.8 Å². The van der Waals surface area contributed by atoms with Crippen molar-refractivity contribution in [2.24, 2.45) is 0 Å². The largest absolute Gasteiger partial charge is 0.334 e. The lowest BCUT2D eigenvalue weighted by Gasteiger charge is -2.35. The number of hydrogen-bond acceptors (Lipinski definition) is 5. The standard InChI is InChI=1S/C28H26N4O2S/c1-4-19-10-12-21(13-11-19)26-30-27(34-31-26)24-18(2)32(22-14-16-23(35-3)17-15-22)28(33)29-25(24)20-8-6-5-7-9-20/h5-17,25H,4H2,1-3H3,(H,29,33). The van der Waals surface area contributed by atoms with Crippen LogP contribution in [-0.2, 0) is 6.42 Å². The summed E-state index contributed by atoms with van der Waals surface area (Å²) in [5.41, 5.74) is 5.37. The number of urea groups is 1. The second-order valence-electron chi connectivity index (χ2n) is 8.30. The molecule has 176 valence electrons. The van der Waals surface area contributed by atoms with E-state index >= 15 is 0 Å². The van der Waals surface area contributed by atoms with E-state index < -0.39 is 6.04 Å². The summed E-state index contributed by atoms with van der Waals surface area (Å²) >= 11 is 1.66. The van der Waals surface area contributed by atoms with Gasteiger partial charge in [0.2, 0.25) is 5.82 Å². The number of carbonyl (C=O) groups is 1. The van der Waals surface area contributed by atoms with E-state index in [0.29, 0.717) is 11.7 Å². The maximum atomic E-state index is 13.3. The van der Waals surface area contributed by atoms with E-state index in [4.69, 9.17) is 9.51 Å². The molecule has 2 amide bonds. The van der Waals surface area contributed by atoms with Crippen molar-refractivity contribution in [3.8, 4) is 11.4 Å². The first-order valence-electron chi connectivity index (χ1n) is 11.5. The Morgan fingerprint density at radius 2 is 1.71 bits per heavy atom. The summed E-state index contributed by atoms with van der Waals surface area (Å²) in [6, 6.07) is 25.3. The molecular formula is C28H26N4O2S. The van der Waals surface area contributed by atoms with Gasteiger partial charge in [0.05, 0.1) is 17.3 Å². The van der Waals surface area contributed by atoms with Gasteiger partial charge in [0.1, 0.15) is 0 Å². The third-order valence-corrected chi connectivity index (χ3v) is 6.97. The van der Waals surface area contributed by atoms with Crippen LogP contribution in [0.25, 0.3) is 17.0 Å². The van der Waals surface area contributed by atoms with Gasteiger partial charge in [-0.05, 0) is 55.0 Å². The Bertz CT molecular complexity index is 1360. The molecule has 4 aromatic rings. The summed E-state index contributed by atoms with van der Waals surface area (Å²) in [7, 11) is 0. The van der Waals surface area contributed by atoms with Crippen LogP contribution in [0.2, 0.25) is 0 Å². The van der Waals surface area contributed by atoms with Gasteiger partial charge in [-0.1, -0.05) is 66.7 Å². The number of amides is 2. The minimum absolute atomic E-state index is 0.202. The van der Waals surface area contributed by atoms with Crippen molar-refractivity contribution in [3.05, 3.63) is 102 Å². The van der Waals surface area contributed by atoms with Crippen LogP contribution < -0.4 is 10.2 Å². The number of nitrogens with one attached hydrogen (secondary N) is 1. The molecule has 1 aliphatic heterocycles. The molecule has 3 aromatic carbocycles. The minimum Gasteiger partial charge on any atom is -0.334 e. The number of aromatic nitrogens is 2. The number of carbonyl (C=O) groups excluding carboxylic acids is 1. The summed E-state index contributed by atoms with van der Waals surface area (Å²) in [6.07, 6.45) is 3.00. The van der Waals surface area contributed by atoms with E-state index in [-0.39, 0.29) is 6.03 Å². The summed E-state index contributed by atoms with van der Waals surface area (Å²) in [5, 5.41) is 7.41. The number of benzene rings is 3. The Balaban J connectivity index is 1.61. The molecule has 1 N–H and O–H groups in total. The molecule has 1 aromatic heterocycles. The van der Waals surface area contributed by atoms with E-state index in [1.165, 1.54) is 5.56 Å². The van der Waals surface area contributed by atoms with Gasteiger partial charge in [0.15, 0.2) is 0 Å². The van der Waals surface area contributed by atoms with Gasteiger partial charge in [-0.3, -0.25) is 4.90 Å². The molecule has 2 heterocycles. The second-order valence-corrected chi connectivity index (χ2v) is 9.18. The van der Waals surface area contributed by atoms with Gasteiger partial charge in [0, 0.05) is 16.2 Å². The zero-order chi connectivity index (χ0) is 24.4. The number of thioether (sulfide) groups is 1. The molecule has 0 saturated carbocycles. The predicted octanol–water partition coefficient (Wildman–Crippen LogP) is 6.72. The van der Waals surface area contributed by atoms with Gasteiger partial charge in [-0.2, -0.15) is 4.98 Å². The van der Waals surface area contributed by atoms with Crippen LogP contribution in [0.15, 0.2) is 94.0 Å². The maximum absolute atomic E-state index is 13.3. The smallest absolute Gasteiger partial charge is 0.326 e. The average Bonchev–Trinajstić information content (AvgIpc) is 3.39. The van der Waals surface area contributed by atoms with Crippen molar-refractivity contribution in [1.82, 2.24) is 15.5 Å². The van der Waals surface area contributed by atoms with Gasteiger partial charge in [0.25, 0.3) is 5.89 Å². The average molecular weight is 483 g/mol. The Morgan fingerprint density at radius 3 is 2.37 bits per heavy atom. The lowest BCUT2D eigenvalue weighted by molar-refractivity contribution is 0.244. The highest BCUT2D eigenvalue weighted by Crippen LogP contribution is 2.39. The monoisotopic (exact) mass is 482 g/mol. The van der Waals surface area contributed by atoms with Crippen LogP contribution in [0, 0.1) is 0 Å².